The molecule has 0 aliphatic carbocycles. The maximum absolute atomic E-state index is 12.2. The molecule has 0 spiro atoms. The van der Waals surface area contributed by atoms with Crippen LogP contribution >= 0.6 is 0 Å². The fourth-order valence-electron chi connectivity index (χ4n) is 2.79. The van der Waals surface area contributed by atoms with Gasteiger partial charge in [0.25, 0.3) is 5.69 Å². The van der Waals surface area contributed by atoms with E-state index < -0.39 is 10.9 Å². The zero-order valence-electron chi connectivity index (χ0n) is 15.6. The highest BCUT2D eigenvalue weighted by Gasteiger charge is 2.27. The molecule has 0 atom stereocenters. The number of nitro groups is 1. The Morgan fingerprint density at radius 3 is 2.71 bits per heavy atom. The first-order valence-electron chi connectivity index (χ1n) is 8.52. The van der Waals surface area contributed by atoms with Crippen molar-refractivity contribution in [2.45, 2.75) is 13.8 Å². The lowest BCUT2D eigenvalue weighted by Crippen LogP contribution is -2.08. The summed E-state index contributed by atoms with van der Waals surface area (Å²) in [5, 5.41) is 11.1. The number of methoxy groups -OCH3 is 1. The summed E-state index contributed by atoms with van der Waals surface area (Å²) in [5.41, 5.74) is 1.48. The van der Waals surface area contributed by atoms with Crippen LogP contribution in [0.25, 0.3) is 6.08 Å². The van der Waals surface area contributed by atoms with Gasteiger partial charge in [-0.15, -0.1) is 0 Å². The van der Waals surface area contributed by atoms with Crippen molar-refractivity contribution in [3.8, 4) is 11.5 Å². The van der Waals surface area contributed by atoms with Gasteiger partial charge in [0, 0.05) is 17.2 Å². The van der Waals surface area contributed by atoms with Gasteiger partial charge in [0.05, 0.1) is 18.6 Å². The molecule has 28 heavy (non-hydrogen) atoms. The van der Waals surface area contributed by atoms with Gasteiger partial charge in [-0.25, -0.2) is 9.79 Å². The largest absolute Gasteiger partial charge is 0.493 e. The van der Waals surface area contributed by atoms with Crippen LogP contribution in [-0.2, 0) is 9.53 Å². The molecule has 2 aromatic rings. The number of aliphatic imine (C=N–C) groups is 1. The highest BCUT2D eigenvalue weighted by atomic mass is 16.6. The van der Waals surface area contributed by atoms with Gasteiger partial charge >= 0.3 is 5.97 Å². The molecule has 0 unspecified atom stereocenters. The van der Waals surface area contributed by atoms with Crippen LogP contribution in [0.1, 0.15) is 23.6 Å². The number of carbonyl (C=O) groups is 1. The lowest BCUT2D eigenvalue weighted by Gasteiger charge is -2.09. The molecule has 8 nitrogen and oxygen atoms in total. The molecule has 0 aromatic heterocycles. The van der Waals surface area contributed by atoms with Crippen molar-refractivity contribution >= 4 is 23.6 Å². The number of carbonyl (C=O) groups excluding carboxylic acids is 1. The van der Waals surface area contributed by atoms with Crippen LogP contribution in [-0.4, -0.2) is 30.5 Å². The molecule has 3 rings (SSSR count). The van der Waals surface area contributed by atoms with Gasteiger partial charge in [0.2, 0.25) is 5.90 Å². The van der Waals surface area contributed by atoms with Gasteiger partial charge in [0.1, 0.15) is 0 Å². The van der Waals surface area contributed by atoms with E-state index in [0.717, 1.165) is 0 Å². The first kappa shape index (κ1) is 19.1. The van der Waals surface area contributed by atoms with E-state index in [-0.39, 0.29) is 17.3 Å². The summed E-state index contributed by atoms with van der Waals surface area (Å²) in [6.07, 6.45) is 1.56. The van der Waals surface area contributed by atoms with E-state index in [2.05, 4.69) is 4.99 Å². The Labute approximate surface area is 161 Å². The standard InChI is InChI=1S/C20H18N2O6/c1-4-27-18-11-13(8-9-17(18)26-3)10-15-20(23)28-19(21-15)14-6-5-7-16(12(14)2)22(24)25/h5-11H,4H2,1-3H3/b15-10-. The molecule has 1 aliphatic rings. The van der Waals surface area contributed by atoms with Crippen molar-refractivity contribution in [1.82, 2.24) is 0 Å². The number of nitrogens with zero attached hydrogens (tertiary/aromatic N) is 2. The summed E-state index contributed by atoms with van der Waals surface area (Å²) in [4.78, 5) is 27.1. The summed E-state index contributed by atoms with van der Waals surface area (Å²) >= 11 is 0. The predicted octanol–water partition coefficient (Wildman–Crippen LogP) is 3.66. The second-order valence-electron chi connectivity index (χ2n) is 5.89. The molecule has 0 radical (unpaired) electrons. The molecule has 1 aliphatic heterocycles. The quantitative estimate of drug-likeness (QED) is 0.327. The maximum atomic E-state index is 12.2. The molecule has 0 saturated carbocycles. The molecule has 144 valence electrons. The van der Waals surface area contributed by atoms with E-state index in [9.17, 15) is 14.9 Å². The smallest absolute Gasteiger partial charge is 0.363 e. The van der Waals surface area contributed by atoms with E-state index in [1.807, 2.05) is 6.92 Å². The van der Waals surface area contributed by atoms with Gasteiger partial charge < -0.3 is 14.2 Å². The average molecular weight is 382 g/mol. The first-order valence-corrected chi connectivity index (χ1v) is 8.52. The minimum absolute atomic E-state index is 0.0380. The Bertz CT molecular complexity index is 1010. The summed E-state index contributed by atoms with van der Waals surface area (Å²) < 4.78 is 16.0. The van der Waals surface area contributed by atoms with Gasteiger partial charge in [0.15, 0.2) is 17.2 Å². The number of cyclic esters (lactones) is 1. The molecule has 0 saturated heterocycles. The summed E-state index contributed by atoms with van der Waals surface area (Å²) in [6.45, 7) is 3.91. The lowest BCUT2D eigenvalue weighted by atomic mass is 10.1. The van der Waals surface area contributed by atoms with Crippen LogP contribution in [0.3, 0.4) is 0 Å². The second kappa shape index (κ2) is 7.91. The highest BCUT2D eigenvalue weighted by Crippen LogP contribution is 2.30. The SMILES string of the molecule is CCOc1cc(/C=C2\N=C(c3cccc([N+](=O)[O-])c3C)OC2=O)ccc1OC. The number of ether oxygens (including phenoxy) is 3. The highest BCUT2D eigenvalue weighted by molar-refractivity contribution is 6.13. The van der Waals surface area contributed by atoms with Gasteiger partial charge in [-0.1, -0.05) is 12.1 Å². The molecule has 1 heterocycles. The van der Waals surface area contributed by atoms with Crippen molar-refractivity contribution < 1.29 is 23.9 Å². The van der Waals surface area contributed by atoms with E-state index in [4.69, 9.17) is 14.2 Å². The van der Waals surface area contributed by atoms with E-state index in [1.54, 1.807) is 44.4 Å². The number of rotatable bonds is 6. The van der Waals surface area contributed by atoms with Gasteiger partial charge in [-0.2, -0.15) is 0 Å². The first-order chi connectivity index (χ1) is 13.4. The Kier molecular flexibility index (Phi) is 5.39. The van der Waals surface area contributed by atoms with Crippen molar-refractivity contribution in [1.29, 1.82) is 0 Å². The molecule has 0 N–H and O–H groups in total. The zero-order chi connectivity index (χ0) is 20.3. The molecule has 0 bridgehead atoms. The van der Waals surface area contributed by atoms with E-state index in [0.29, 0.717) is 34.8 Å². The second-order valence-corrected chi connectivity index (χ2v) is 5.89. The third-order valence-corrected chi connectivity index (χ3v) is 4.14. The van der Waals surface area contributed by atoms with Crippen LogP contribution in [0.2, 0.25) is 0 Å². The monoisotopic (exact) mass is 382 g/mol. The van der Waals surface area contributed by atoms with Crippen molar-refractivity contribution in [2.75, 3.05) is 13.7 Å². The summed E-state index contributed by atoms with van der Waals surface area (Å²) in [5.74, 6) is 0.532. The number of benzene rings is 2. The normalized spacial score (nSPS) is 14.6. The molecule has 0 amide bonds. The van der Waals surface area contributed by atoms with E-state index >= 15 is 0 Å². The number of nitro benzene ring substituents is 1. The minimum Gasteiger partial charge on any atom is -0.493 e. The van der Waals surface area contributed by atoms with Crippen molar-refractivity contribution in [2.24, 2.45) is 4.99 Å². The third-order valence-electron chi connectivity index (χ3n) is 4.14. The van der Waals surface area contributed by atoms with Crippen LogP contribution in [0.5, 0.6) is 11.5 Å². The summed E-state index contributed by atoms with van der Waals surface area (Å²) in [7, 11) is 1.54. The molecule has 8 heteroatoms. The van der Waals surface area contributed by atoms with Crippen molar-refractivity contribution in [3.05, 3.63) is 68.9 Å². The number of hydrogen-bond acceptors (Lipinski definition) is 7. The Hall–Kier alpha value is -3.68. The van der Waals surface area contributed by atoms with Crippen LogP contribution in [0, 0.1) is 17.0 Å². The average Bonchev–Trinajstić information content (AvgIpc) is 3.02. The fraction of sp³-hybridized carbons (Fsp3) is 0.200. The van der Waals surface area contributed by atoms with Gasteiger partial charge in [-0.05, 0) is 43.7 Å². The number of hydrogen-bond donors (Lipinski definition) is 0. The maximum Gasteiger partial charge on any atom is 0.363 e. The van der Waals surface area contributed by atoms with Crippen LogP contribution < -0.4 is 9.47 Å². The van der Waals surface area contributed by atoms with Crippen molar-refractivity contribution in [3.63, 3.8) is 0 Å². The third kappa shape index (κ3) is 3.71. The lowest BCUT2D eigenvalue weighted by molar-refractivity contribution is -0.385. The molecular weight excluding hydrogens is 364 g/mol. The van der Waals surface area contributed by atoms with Crippen LogP contribution in [0.15, 0.2) is 47.1 Å². The zero-order valence-corrected chi connectivity index (χ0v) is 15.6. The molecule has 0 fully saturated rings. The topological polar surface area (TPSA) is 100 Å². The molecule has 2 aromatic carbocycles. The Balaban J connectivity index is 1.98. The van der Waals surface area contributed by atoms with Crippen LogP contribution in [0.4, 0.5) is 5.69 Å². The minimum atomic E-state index is -0.630. The van der Waals surface area contributed by atoms with E-state index in [1.165, 1.54) is 12.1 Å². The fourth-order valence-corrected chi connectivity index (χ4v) is 2.79. The predicted molar refractivity (Wildman–Crippen MR) is 103 cm³/mol. The summed E-state index contributed by atoms with van der Waals surface area (Å²) in [6, 6.07) is 9.75. The Morgan fingerprint density at radius 1 is 1.25 bits per heavy atom. The molecular formula is C20H18N2O6. The Morgan fingerprint density at radius 2 is 2.04 bits per heavy atom. The number of esters is 1. The van der Waals surface area contributed by atoms with Gasteiger partial charge in [-0.3, -0.25) is 10.1 Å².